The highest BCUT2D eigenvalue weighted by Gasteiger charge is 2.17. The Morgan fingerprint density at radius 1 is 1.22 bits per heavy atom. The third-order valence-corrected chi connectivity index (χ3v) is 3.38. The van der Waals surface area contributed by atoms with Crippen LogP contribution in [0.4, 0.5) is 11.5 Å². The second kappa shape index (κ2) is 6.77. The lowest BCUT2D eigenvalue weighted by atomic mass is 10.1. The molecule has 0 radical (unpaired) electrons. The summed E-state index contributed by atoms with van der Waals surface area (Å²) in [5.74, 6) is 0.409. The Morgan fingerprint density at radius 2 is 1.96 bits per heavy atom. The third-order valence-electron chi connectivity index (χ3n) is 3.38. The standard InChI is InChI=1S/C18H24N4O/c1-6-13-9-7-8-12(2)16(13)21-15-10-14(19-11-20-15)17(23)22-18(3,4)5/h7-11H,6H2,1-5H3,(H,22,23)(H,19,20,21). The van der Waals surface area contributed by atoms with Gasteiger partial charge in [0.25, 0.3) is 5.91 Å². The summed E-state index contributed by atoms with van der Waals surface area (Å²) in [6, 6.07) is 7.86. The number of rotatable bonds is 4. The molecule has 1 aromatic heterocycles. The molecule has 23 heavy (non-hydrogen) atoms. The first-order valence-electron chi connectivity index (χ1n) is 7.80. The van der Waals surface area contributed by atoms with Gasteiger partial charge in [0.05, 0.1) is 0 Å². The van der Waals surface area contributed by atoms with Gasteiger partial charge in [-0.15, -0.1) is 0 Å². The normalized spacial score (nSPS) is 11.2. The smallest absolute Gasteiger partial charge is 0.270 e. The van der Waals surface area contributed by atoms with Crippen LogP contribution in [0.1, 0.15) is 49.3 Å². The summed E-state index contributed by atoms with van der Waals surface area (Å²) in [5.41, 5.74) is 3.44. The van der Waals surface area contributed by atoms with E-state index in [1.54, 1.807) is 6.07 Å². The highest BCUT2D eigenvalue weighted by Crippen LogP contribution is 2.24. The predicted octanol–water partition coefficient (Wildman–Crippen LogP) is 3.62. The zero-order valence-corrected chi connectivity index (χ0v) is 14.4. The van der Waals surface area contributed by atoms with Crippen molar-refractivity contribution in [3.05, 3.63) is 47.4 Å². The van der Waals surface area contributed by atoms with E-state index in [4.69, 9.17) is 0 Å². The van der Waals surface area contributed by atoms with Crippen molar-refractivity contribution in [1.82, 2.24) is 15.3 Å². The van der Waals surface area contributed by atoms with Gasteiger partial charge in [-0.05, 0) is 45.2 Å². The van der Waals surface area contributed by atoms with Crippen molar-refractivity contribution in [2.24, 2.45) is 0 Å². The van der Waals surface area contributed by atoms with Crippen LogP contribution in [0.3, 0.4) is 0 Å². The quantitative estimate of drug-likeness (QED) is 0.905. The average Bonchev–Trinajstić information content (AvgIpc) is 2.48. The number of aryl methyl sites for hydroxylation is 2. The Balaban J connectivity index is 2.26. The monoisotopic (exact) mass is 312 g/mol. The van der Waals surface area contributed by atoms with Gasteiger partial charge >= 0.3 is 0 Å². The molecule has 2 aromatic rings. The maximum atomic E-state index is 12.2. The van der Waals surface area contributed by atoms with Crippen LogP contribution >= 0.6 is 0 Å². The molecule has 2 rings (SSSR count). The van der Waals surface area contributed by atoms with Crippen LogP contribution in [0.2, 0.25) is 0 Å². The Kier molecular flexibility index (Phi) is 4.98. The van der Waals surface area contributed by atoms with Crippen molar-refractivity contribution in [3.8, 4) is 0 Å². The summed E-state index contributed by atoms with van der Waals surface area (Å²) in [6.45, 7) is 9.97. The number of para-hydroxylation sites is 1. The van der Waals surface area contributed by atoms with E-state index in [1.807, 2.05) is 26.8 Å². The van der Waals surface area contributed by atoms with Crippen LogP contribution < -0.4 is 10.6 Å². The Labute approximate surface area is 137 Å². The molecule has 5 nitrogen and oxygen atoms in total. The molecule has 0 saturated heterocycles. The van der Waals surface area contributed by atoms with Gasteiger partial charge in [-0.2, -0.15) is 0 Å². The van der Waals surface area contributed by atoms with E-state index in [0.717, 1.165) is 17.7 Å². The first-order chi connectivity index (χ1) is 10.8. The number of anilines is 2. The van der Waals surface area contributed by atoms with Gasteiger partial charge in [0.15, 0.2) is 0 Å². The molecule has 0 bridgehead atoms. The minimum atomic E-state index is -0.305. The molecular formula is C18H24N4O. The number of carbonyl (C=O) groups is 1. The van der Waals surface area contributed by atoms with Crippen LogP contribution in [-0.4, -0.2) is 21.4 Å². The van der Waals surface area contributed by atoms with E-state index in [1.165, 1.54) is 11.9 Å². The van der Waals surface area contributed by atoms with Gasteiger partial charge in [0.1, 0.15) is 17.8 Å². The molecule has 0 aliphatic heterocycles. The molecule has 5 heteroatoms. The van der Waals surface area contributed by atoms with Crippen LogP contribution in [0.25, 0.3) is 0 Å². The molecule has 1 amide bonds. The van der Waals surface area contributed by atoms with Crippen LogP contribution in [-0.2, 0) is 6.42 Å². The summed E-state index contributed by atoms with van der Waals surface area (Å²) in [4.78, 5) is 20.5. The fraction of sp³-hybridized carbons (Fsp3) is 0.389. The Bertz CT molecular complexity index is 704. The molecule has 0 fully saturated rings. The molecule has 0 atom stereocenters. The lowest BCUT2D eigenvalue weighted by molar-refractivity contribution is 0.0914. The molecule has 0 spiro atoms. The number of nitrogens with zero attached hydrogens (tertiary/aromatic N) is 2. The maximum absolute atomic E-state index is 12.2. The van der Waals surface area contributed by atoms with E-state index in [-0.39, 0.29) is 11.4 Å². The fourth-order valence-corrected chi connectivity index (χ4v) is 2.28. The fourth-order valence-electron chi connectivity index (χ4n) is 2.28. The second-order valence-corrected chi connectivity index (χ2v) is 6.58. The summed E-state index contributed by atoms with van der Waals surface area (Å²) >= 11 is 0. The van der Waals surface area contributed by atoms with Crippen molar-refractivity contribution in [2.45, 2.75) is 46.6 Å². The highest BCUT2D eigenvalue weighted by molar-refractivity contribution is 5.93. The largest absolute Gasteiger partial charge is 0.346 e. The molecule has 1 aromatic carbocycles. The van der Waals surface area contributed by atoms with E-state index in [2.05, 4.69) is 46.6 Å². The maximum Gasteiger partial charge on any atom is 0.270 e. The van der Waals surface area contributed by atoms with Crippen molar-refractivity contribution >= 4 is 17.4 Å². The molecule has 122 valence electrons. The lowest BCUT2D eigenvalue weighted by Gasteiger charge is -2.20. The summed E-state index contributed by atoms with van der Waals surface area (Å²) in [7, 11) is 0. The van der Waals surface area contributed by atoms with E-state index < -0.39 is 0 Å². The van der Waals surface area contributed by atoms with Gasteiger partial charge < -0.3 is 10.6 Å². The van der Waals surface area contributed by atoms with Gasteiger partial charge in [0, 0.05) is 17.3 Å². The highest BCUT2D eigenvalue weighted by atomic mass is 16.2. The van der Waals surface area contributed by atoms with Crippen molar-refractivity contribution in [1.29, 1.82) is 0 Å². The lowest BCUT2D eigenvalue weighted by Crippen LogP contribution is -2.40. The summed E-state index contributed by atoms with van der Waals surface area (Å²) < 4.78 is 0. The molecule has 1 heterocycles. The van der Waals surface area contributed by atoms with Crippen molar-refractivity contribution in [2.75, 3.05) is 5.32 Å². The van der Waals surface area contributed by atoms with Gasteiger partial charge in [-0.1, -0.05) is 25.1 Å². The minimum Gasteiger partial charge on any atom is -0.346 e. The number of carbonyl (C=O) groups excluding carboxylic acids is 1. The van der Waals surface area contributed by atoms with Crippen LogP contribution in [0.5, 0.6) is 0 Å². The summed E-state index contributed by atoms with van der Waals surface area (Å²) in [5, 5.41) is 6.22. The number of nitrogens with one attached hydrogen (secondary N) is 2. The number of benzene rings is 1. The molecular weight excluding hydrogens is 288 g/mol. The first-order valence-corrected chi connectivity index (χ1v) is 7.80. The van der Waals surface area contributed by atoms with Crippen molar-refractivity contribution in [3.63, 3.8) is 0 Å². The van der Waals surface area contributed by atoms with E-state index in [0.29, 0.717) is 11.5 Å². The molecule has 0 unspecified atom stereocenters. The van der Waals surface area contributed by atoms with Crippen molar-refractivity contribution < 1.29 is 4.79 Å². The van der Waals surface area contributed by atoms with E-state index in [9.17, 15) is 4.79 Å². The second-order valence-electron chi connectivity index (χ2n) is 6.58. The summed E-state index contributed by atoms with van der Waals surface area (Å²) in [6.07, 6.45) is 2.33. The number of hydrogen-bond acceptors (Lipinski definition) is 4. The minimum absolute atomic E-state index is 0.205. The predicted molar refractivity (Wildman–Crippen MR) is 93.1 cm³/mol. The number of hydrogen-bond donors (Lipinski definition) is 2. The van der Waals surface area contributed by atoms with Crippen LogP contribution in [0.15, 0.2) is 30.6 Å². The zero-order chi connectivity index (χ0) is 17.0. The molecule has 2 N–H and O–H groups in total. The molecule has 0 aliphatic carbocycles. The van der Waals surface area contributed by atoms with Crippen LogP contribution in [0, 0.1) is 6.92 Å². The first kappa shape index (κ1) is 16.9. The Morgan fingerprint density at radius 3 is 2.61 bits per heavy atom. The number of amides is 1. The number of aromatic nitrogens is 2. The van der Waals surface area contributed by atoms with E-state index >= 15 is 0 Å². The topological polar surface area (TPSA) is 66.9 Å². The third kappa shape index (κ3) is 4.52. The molecule has 0 aliphatic rings. The van der Waals surface area contributed by atoms with Gasteiger partial charge in [-0.25, -0.2) is 9.97 Å². The molecule has 0 saturated carbocycles. The Hall–Kier alpha value is -2.43. The zero-order valence-electron chi connectivity index (χ0n) is 14.4. The SMILES string of the molecule is CCc1cccc(C)c1Nc1cc(C(=O)NC(C)(C)C)ncn1. The van der Waals surface area contributed by atoms with Gasteiger partial charge in [-0.3, -0.25) is 4.79 Å². The van der Waals surface area contributed by atoms with Gasteiger partial charge in [0.2, 0.25) is 0 Å². The average molecular weight is 312 g/mol.